The smallest absolute Gasteiger partial charge is 0.0774 e. The molecule has 1 aliphatic carbocycles. The molecule has 0 spiro atoms. The molecule has 2 rings (SSSR count). The predicted molar refractivity (Wildman–Crippen MR) is 87.8 cm³/mol. The molecule has 3 unspecified atom stereocenters. The number of rotatable bonds is 5. The zero-order valence-electron chi connectivity index (χ0n) is 12.5. The molecule has 0 aliphatic heterocycles. The van der Waals surface area contributed by atoms with Crippen molar-refractivity contribution in [1.29, 1.82) is 0 Å². The summed E-state index contributed by atoms with van der Waals surface area (Å²) in [5.41, 5.74) is 0.781. The summed E-state index contributed by atoms with van der Waals surface area (Å²) in [7, 11) is 0. The molecule has 1 aliphatic rings. The largest absolute Gasteiger partial charge is 0.389 e. The van der Waals surface area contributed by atoms with Crippen LogP contribution in [0.5, 0.6) is 0 Å². The van der Waals surface area contributed by atoms with Crippen molar-refractivity contribution in [3.8, 4) is 0 Å². The summed E-state index contributed by atoms with van der Waals surface area (Å²) < 4.78 is 1.11. The molecule has 0 bridgehead atoms. The standard InChI is InChI=1S/C17H26BrNO/c1-3-16(14-6-8-15(18)9-7-14)19-12-17(20)10-4-5-13(2)11-17/h6-9,13,16,19-20H,3-5,10-12H2,1-2H3. The summed E-state index contributed by atoms with van der Waals surface area (Å²) in [6.07, 6.45) is 5.30. The Hall–Kier alpha value is -0.380. The van der Waals surface area contributed by atoms with Gasteiger partial charge in [-0.3, -0.25) is 0 Å². The molecule has 2 N–H and O–H groups in total. The van der Waals surface area contributed by atoms with Gasteiger partial charge < -0.3 is 10.4 Å². The fraction of sp³-hybridized carbons (Fsp3) is 0.647. The maximum atomic E-state index is 10.7. The summed E-state index contributed by atoms with van der Waals surface area (Å²) in [5.74, 6) is 0.642. The zero-order chi connectivity index (χ0) is 14.6. The molecule has 0 radical (unpaired) electrons. The van der Waals surface area contributed by atoms with Crippen molar-refractivity contribution < 1.29 is 5.11 Å². The minimum Gasteiger partial charge on any atom is -0.389 e. The molecule has 0 aromatic heterocycles. The van der Waals surface area contributed by atoms with Crippen molar-refractivity contribution in [2.75, 3.05) is 6.54 Å². The van der Waals surface area contributed by atoms with E-state index in [1.54, 1.807) is 0 Å². The molecule has 2 nitrogen and oxygen atoms in total. The van der Waals surface area contributed by atoms with E-state index in [0.717, 1.165) is 30.2 Å². The molecule has 0 heterocycles. The lowest BCUT2D eigenvalue weighted by Crippen LogP contribution is -2.45. The van der Waals surface area contributed by atoms with Gasteiger partial charge in [0.1, 0.15) is 0 Å². The fourth-order valence-electron chi connectivity index (χ4n) is 3.30. The van der Waals surface area contributed by atoms with Gasteiger partial charge >= 0.3 is 0 Å². The van der Waals surface area contributed by atoms with Crippen LogP contribution in [0.15, 0.2) is 28.7 Å². The molecule has 1 aromatic carbocycles. The molecule has 3 heteroatoms. The second-order valence-electron chi connectivity index (χ2n) is 6.32. The average molecular weight is 340 g/mol. The number of hydrogen-bond acceptors (Lipinski definition) is 2. The second-order valence-corrected chi connectivity index (χ2v) is 7.23. The molecule has 0 amide bonds. The Kier molecular flexibility index (Phi) is 5.65. The van der Waals surface area contributed by atoms with Gasteiger partial charge in [0.2, 0.25) is 0 Å². The lowest BCUT2D eigenvalue weighted by atomic mass is 9.79. The van der Waals surface area contributed by atoms with Crippen LogP contribution in [0.1, 0.15) is 57.6 Å². The molecule has 3 atom stereocenters. The molecule has 1 fully saturated rings. The number of halogens is 1. The third kappa shape index (κ3) is 4.31. The zero-order valence-corrected chi connectivity index (χ0v) is 14.1. The third-order valence-corrected chi connectivity index (χ3v) is 4.95. The lowest BCUT2D eigenvalue weighted by Gasteiger charge is -2.37. The Morgan fingerprint density at radius 1 is 1.40 bits per heavy atom. The van der Waals surface area contributed by atoms with Gasteiger partial charge in [0.15, 0.2) is 0 Å². The van der Waals surface area contributed by atoms with Gasteiger partial charge in [-0.15, -0.1) is 0 Å². The Morgan fingerprint density at radius 3 is 2.70 bits per heavy atom. The van der Waals surface area contributed by atoms with Gasteiger partial charge in [-0.25, -0.2) is 0 Å². The normalized spacial score (nSPS) is 28.3. The number of hydrogen-bond donors (Lipinski definition) is 2. The number of aliphatic hydroxyl groups is 1. The summed E-state index contributed by atoms with van der Waals surface area (Å²) in [6, 6.07) is 8.79. The first-order valence-corrected chi connectivity index (χ1v) is 8.53. The molecule has 20 heavy (non-hydrogen) atoms. The van der Waals surface area contributed by atoms with Crippen molar-refractivity contribution in [2.24, 2.45) is 5.92 Å². The van der Waals surface area contributed by atoms with Crippen LogP contribution >= 0.6 is 15.9 Å². The monoisotopic (exact) mass is 339 g/mol. The van der Waals surface area contributed by atoms with E-state index in [1.807, 2.05) is 0 Å². The van der Waals surface area contributed by atoms with Gasteiger partial charge in [-0.1, -0.05) is 54.8 Å². The number of nitrogens with one attached hydrogen (secondary N) is 1. The average Bonchev–Trinajstić information content (AvgIpc) is 2.41. The highest BCUT2D eigenvalue weighted by molar-refractivity contribution is 9.10. The van der Waals surface area contributed by atoms with Crippen LogP contribution in [0.2, 0.25) is 0 Å². The van der Waals surface area contributed by atoms with Gasteiger partial charge in [0, 0.05) is 17.1 Å². The third-order valence-electron chi connectivity index (χ3n) is 4.43. The molecule has 112 valence electrons. The first-order valence-electron chi connectivity index (χ1n) is 7.73. The first kappa shape index (κ1) is 16.0. The van der Waals surface area contributed by atoms with Gasteiger partial charge in [0.05, 0.1) is 5.60 Å². The maximum Gasteiger partial charge on any atom is 0.0774 e. The van der Waals surface area contributed by atoms with E-state index >= 15 is 0 Å². The quantitative estimate of drug-likeness (QED) is 0.831. The molecular weight excluding hydrogens is 314 g/mol. The Labute approximate surface area is 131 Å². The van der Waals surface area contributed by atoms with E-state index in [4.69, 9.17) is 0 Å². The Bertz CT molecular complexity index is 420. The van der Waals surface area contributed by atoms with Gasteiger partial charge in [-0.2, -0.15) is 0 Å². The SMILES string of the molecule is CCC(NCC1(O)CCCC(C)C1)c1ccc(Br)cc1. The van der Waals surface area contributed by atoms with E-state index in [1.165, 1.54) is 12.0 Å². The highest BCUT2D eigenvalue weighted by atomic mass is 79.9. The van der Waals surface area contributed by atoms with E-state index in [0.29, 0.717) is 18.5 Å². The Balaban J connectivity index is 1.95. The van der Waals surface area contributed by atoms with Crippen molar-refractivity contribution in [3.63, 3.8) is 0 Å². The topological polar surface area (TPSA) is 32.3 Å². The van der Waals surface area contributed by atoms with Crippen LogP contribution in [-0.2, 0) is 0 Å². The highest BCUT2D eigenvalue weighted by Gasteiger charge is 2.32. The van der Waals surface area contributed by atoms with Crippen LogP contribution < -0.4 is 5.32 Å². The minimum absolute atomic E-state index is 0.323. The van der Waals surface area contributed by atoms with Crippen LogP contribution in [0.3, 0.4) is 0 Å². The van der Waals surface area contributed by atoms with Gasteiger partial charge in [-0.05, 0) is 42.9 Å². The molecule has 0 saturated heterocycles. The van der Waals surface area contributed by atoms with E-state index in [2.05, 4.69) is 59.4 Å². The van der Waals surface area contributed by atoms with E-state index < -0.39 is 5.60 Å². The minimum atomic E-state index is -0.513. The molecular formula is C17H26BrNO. The molecule has 1 saturated carbocycles. The van der Waals surface area contributed by atoms with Crippen molar-refractivity contribution >= 4 is 15.9 Å². The van der Waals surface area contributed by atoms with E-state index in [9.17, 15) is 5.11 Å². The first-order chi connectivity index (χ1) is 9.52. The molecule has 1 aromatic rings. The van der Waals surface area contributed by atoms with Crippen LogP contribution in [0, 0.1) is 5.92 Å². The summed E-state index contributed by atoms with van der Waals surface area (Å²) in [5, 5.41) is 14.3. The van der Waals surface area contributed by atoms with Crippen LogP contribution in [-0.4, -0.2) is 17.3 Å². The van der Waals surface area contributed by atoms with Crippen molar-refractivity contribution in [2.45, 2.75) is 57.6 Å². The van der Waals surface area contributed by atoms with Crippen LogP contribution in [0.25, 0.3) is 0 Å². The van der Waals surface area contributed by atoms with Crippen molar-refractivity contribution in [3.05, 3.63) is 34.3 Å². The van der Waals surface area contributed by atoms with Gasteiger partial charge in [0.25, 0.3) is 0 Å². The van der Waals surface area contributed by atoms with E-state index in [-0.39, 0.29) is 0 Å². The Morgan fingerprint density at radius 2 is 2.10 bits per heavy atom. The predicted octanol–water partition coefficient (Wildman–Crippen LogP) is 4.43. The maximum absolute atomic E-state index is 10.7. The fourth-order valence-corrected chi connectivity index (χ4v) is 3.56. The van der Waals surface area contributed by atoms with Crippen molar-refractivity contribution in [1.82, 2.24) is 5.32 Å². The lowest BCUT2D eigenvalue weighted by molar-refractivity contribution is -0.0138. The summed E-state index contributed by atoms with van der Waals surface area (Å²) in [4.78, 5) is 0. The number of benzene rings is 1. The summed E-state index contributed by atoms with van der Waals surface area (Å²) >= 11 is 3.47. The van der Waals surface area contributed by atoms with Crippen LogP contribution in [0.4, 0.5) is 0 Å². The second kappa shape index (κ2) is 7.06. The highest BCUT2D eigenvalue weighted by Crippen LogP contribution is 2.32. The summed E-state index contributed by atoms with van der Waals surface area (Å²) in [6.45, 7) is 5.13.